The average Bonchev–Trinajstić information content (AvgIpc) is 2.43. The van der Waals surface area contributed by atoms with Crippen LogP contribution in [0.1, 0.15) is 6.42 Å². The van der Waals surface area contributed by atoms with Crippen LogP contribution in [0.4, 0.5) is 0 Å². The van der Waals surface area contributed by atoms with Crippen LogP contribution in [0.2, 0.25) is 0 Å². The van der Waals surface area contributed by atoms with E-state index in [4.69, 9.17) is 10.6 Å². The molecule has 2 amide bonds. The maximum Gasteiger partial charge on any atom is 0.323 e. The van der Waals surface area contributed by atoms with Crippen molar-refractivity contribution in [3.63, 3.8) is 0 Å². The lowest BCUT2D eigenvalue weighted by molar-refractivity contribution is -0.145. The van der Waals surface area contributed by atoms with Crippen LogP contribution in [-0.2, 0) is 14.3 Å². The highest BCUT2D eigenvalue weighted by Crippen LogP contribution is 1.99. The van der Waals surface area contributed by atoms with E-state index in [-0.39, 0.29) is 0 Å². The van der Waals surface area contributed by atoms with Gasteiger partial charge in [-0.25, -0.2) is 5.84 Å². The van der Waals surface area contributed by atoms with Gasteiger partial charge in [0.15, 0.2) is 0 Å². The van der Waals surface area contributed by atoms with Gasteiger partial charge in [-0.3, -0.25) is 15.0 Å². The van der Waals surface area contributed by atoms with Gasteiger partial charge in [0.1, 0.15) is 0 Å². The van der Waals surface area contributed by atoms with Gasteiger partial charge in [0.2, 0.25) is 0 Å². The Morgan fingerprint density at radius 3 is 2.77 bits per heavy atom. The summed E-state index contributed by atoms with van der Waals surface area (Å²) in [7, 11) is 0. The van der Waals surface area contributed by atoms with Gasteiger partial charge in [0.25, 0.3) is 0 Å². The minimum atomic E-state index is -0.776. The van der Waals surface area contributed by atoms with Gasteiger partial charge in [-0.15, -0.1) is 0 Å². The molecule has 6 nitrogen and oxygen atoms in total. The maximum atomic E-state index is 11.3. The van der Waals surface area contributed by atoms with Gasteiger partial charge < -0.3 is 9.64 Å². The second-order valence-corrected chi connectivity index (χ2v) is 2.73. The number of amides is 2. The Morgan fingerprint density at radius 2 is 2.08 bits per heavy atom. The van der Waals surface area contributed by atoms with Gasteiger partial charge in [-0.1, -0.05) is 0 Å². The number of nitrogens with two attached hydrogens (primary N) is 1. The molecular formula is C7H13N3O3. The average molecular weight is 187 g/mol. The van der Waals surface area contributed by atoms with Crippen molar-refractivity contribution in [3.05, 3.63) is 0 Å². The van der Waals surface area contributed by atoms with Crippen LogP contribution in [0.5, 0.6) is 0 Å². The Hall–Kier alpha value is -1.14. The van der Waals surface area contributed by atoms with E-state index in [1.54, 1.807) is 0 Å². The lowest BCUT2D eigenvalue weighted by Crippen LogP contribution is -2.46. The molecule has 0 spiro atoms. The van der Waals surface area contributed by atoms with Gasteiger partial charge in [-0.05, 0) is 6.42 Å². The molecule has 1 saturated heterocycles. The molecule has 0 unspecified atom stereocenters. The summed E-state index contributed by atoms with van der Waals surface area (Å²) in [5.74, 6) is 3.47. The van der Waals surface area contributed by atoms with E-state index in [2.05, 4.69) is 0 Å². The van der Waals surface area contributed by atoms with Crippen molar-refractivity contribution in [1.82, 2.24) is 10.3 Å². The number of hydrogen-bond donors (Lipinski definition) is 2. The molecule has 3 N–H and O–H groups in total. The largest absolute Gasteiger partial charge is 0.380 e. The Bertz CT molecular complexity index is 199. The Labute approximate surface area is 76.0 Å². The molecule has 0 aromatic heterocycles. The maximum absolute atomic E-state index is 11.3. The van der Waals surface area contributed by atoms with Crippen molar-refractivity contribution in [2.75, 3.05) is 26.3 Å². The molecule has 1 heterocycles. The number of hydrazine groups is 1. The van der Waals surface area contributed by atoms with Gasteiger partial charge in [0.05, 0.1) is 6.61 Å². The van der Waals surface area contributed by atoms with Gasteiger partial charge in [-0.2, -0.15) is 0 Å². The molecule has 0 aromatic rings. The third-order valence-electron chi connectivity index (χ3n) is 1.83. The molecule has 74 valence electrons. The molecule has 0 saturated carbocycles. The molecule has 6 heteroatoms. The summed E-state index contributed by atoms with van der Waals surface area (Å²) in [6, 6.07) is 0. The van der Waals surface area contributed by atoms with Crippen LogP contribution in [0.3, 0.4) is 0 Å². The van der Waals surface area contributed by atoms with Crippen molar-refractivity contribution in [2.24, 2.45) is 5.84 Å². The summed E-state index contributed by atoms with van der Waals surface area (Å²) in [5, 5.41) is 0. The SMILES string of the molecule is NNC(=O)C(=O)N1CCCOCC1. The molecule has 0 aliphatic carbocycles. The number of carbonyl (C=O) groups excluding carboxylic acids is 2. The first kappa shape index (κ1) is 9.94. The molecule has 1 rings (SSSR count). The Balaban J connectivity index is 2.48. The zero-order valence-corrected chi connectivity index (χ0v) is 7.28. The van der Waals surface area contributed by atoms with Gasteiger partial charge >= 0.3 is 11.8 Å². The Kier molecular flexibility index (Phi) is 3.66. The lowest BCUT2D eigenvalue weighted by atomic mass is 10.4. The third kappa shape index (κ3) is 2.67. The molecule has 1 fully saturated rings. The fourth-order valence-electron chi connectivity index (χ4n) is 1.15. The second-order valence-electron chi connectivity index (χ2n) is 2.73. The number of hydrogen-bond acceptors (Lipinski definition) is 4. The lowest BCUT2D eigenvalue weighted by Gasteiger charge is -2.17. The minimum Gasteiger partial charge on any atom is -0.380 e. The van der Waals surface area contributed by atoms with Crippen LogP contribution >= 0.6 is 0 Å². The molecular weight excluding hydrogens is 174 g/mol. The second kappa shape index (κ2) is 4.78. The van der Waals surface area contributed by atoms with Crippen molar-refractivity contribution in [3.8, 4) is 0 Å². The smallest absolute Gasteiger partial charge is 0.323 e. The van der Waals surface area contributed by atoms with E-state index in [1.807, 2.05) is 5.43 Å². The topological polar surface area (TPSA) is 84.7 Å². The van der Waals surface area contributed by atoms with E-state index in [9.17, 15) is 9.59 Å². The fraction of sp³-hybridized carbons (Fsp3) is 0.714. The van der Waals surface area contributed by atoms with Crippen molar-refractivity contribution in [1.29, 1.82) is 0 Å². The number of ether oxygens (including phenoxy) is 1. The molecule has 0 atom stereocenters. The monoisotopic (exact) mass is 187 g/mol. The predicted molar refractivity (Wildman–Crippen MR) is 44.3 cm³/mol. The summed E-state index contributed by atoms with van der Waals surface area (Å²) < 4.78 is 5.13. The zero-order valence-electron chi connectivity index (χ0n) is 7.28. The van der Waals surface area contributed by atoms with E-state index < -0.39 is 11.8 Å². The summed E-state index contributed by atoms with van der Waals surface area (Å²) in [6.45, 7) is 2.11. The number of carbonyl (C=O) groups is 2. The highest BCUT2D eigenvalue weighted by molar-refractivity contribution is 6.34. The number of rotatable bonds is 0. The van der Waals surface area contributed by atoms with Crippen LogP contribution in [0.15, 0.2) is 0 Å². The highest BCUT2D eigenvalue weighted by atomic mass is 16.5. The standard InChI is InChI=1S/C7H13N3O3/c8-9-6(11)7(12)10-2-1-4-13-5-3-10/h1-5,8H2,(H,9,11). The first-order chi connectivity index (χ1) is 6.25. The summed E-state index contributed by atoms with van der Waals surface area (Å²) in [5.41, 5.74) is 1.81. The van der Waals surface area contributed by atoms with E-state index >= 15 is 0 Å². The van der Waals surface area contributed by atoms with E-state index in [0.29, 0.717) is 26.3 Å². The van der Waals surface area contributed by atoms with Gasteiger partial charge in [0, 0.05) is 19.7 Å². The first-order valence-corrected chi connectivity index (χ1v) is 4.13. The van der Waals surface area contributed by atoms with Crippen molar-refractivity contribution < 1.29 is 14.3 Å². The summed E-state index contributed by atoms with van der Waals surface area (Å²) >= 11 is 0. The van der Waals surface area contributed by atoms with Crippen molar-refractivity contribution >= 4 is 11.8 Å². The van der Waals surface area contributed by atoms with E-state index in [0.717, 1.165) is 6.42 Å². The molecule has 0 bridgehead atoms. The van der Waals surface area contributed by atoms with Crippen LogP contribution in [0.25, 0.3) is 0 Å². The van der Waals surface area contributed by atoms with Crippen molar-refractivity contribution in [2.45, 2.75) is 6.42 Å². The third-order valence-corrected chi connectivity index (χ3v) is 1.83. The molecule has 0 aromatic carbocycles. The fourth-order valence-corrected chi connectivity index (χ4v) is 1.15. The summed E-state index contributed by atoms with van der Waals surface area (Å²) in [4.78, 5) is 23.6. The molecule has 0 radical (unpaired) electrons. The number of nitrogens with zero attached hydrogens (tertiary/aromatic N) is 1. The normalized spacial score (nSPS) is 17.8. The molecule has 1 aliphatic heterocycles. The predicted octanol–water partition coefficient (Wildman–Crippen LogP) is -1.77. The Morgan fingerprint density at radius 1 is 1.31 bits per heavy atom. The molecule has 13 heavy (non-hydrogen) atoms. The summed E-state index contributed by atoms with van der Waals surface area (Å²) in [6.07, 6.45) is 0.754. The minimum absolute atomic E-state index is 0.451. The van der Waals surface area contributed by atoms with Crippen LogP contribution in [0, 0.1) is 0 Å². The zero-order chi connectivity index (χ0) is 9.68. The van der Waals surface area contributed by atoms with E-state index in [1.165, 1.54) is 4.90 Å². The van der Waals surface area contributed by atoms with Crippen LogP contribution in [-0.4, -0.2) is 43.0 Å². The number of nitrogens with one attached hydrogen (secondary N) is 1. The molecule has 1 aliphatic rings. The highest BCUT2D eigenvalue weighted by Gasteiger charge is 2.21. The quantitative estimate of drug-likeness (QED) is 0.203. The van der Waals surface area contributed by atoms with Crippen LogP contribution < -0.4 is 11.3 Å². The first-order valence-electron chi connectivity index (χ1n) is 4.13.